The van der Waals surface area contributed by atoms with Gasteiger partial charge in [0.1, 0.15) is 18.5 Å². The highest BCUT2D eigenvalue weighted by molar-refractivity contribution is 5.91. The van der Waals surface area contributed by atoms with Crippen molar-refractivity contribution in [3.05, 3.63) is 90.3 Å². The number of pyridine rings is 1. The van der Waals surface area contributed by atoms with Crippen LogP contribution in [-0.4, -0.2) is 52.7 Å². The lowest BCUT2D eigenvalue weighted by atomic mass is 9.98. The summed E-state index contributed by atoms with van der Waals surface area (Å²) >= 11 is 0. The Morgan fingerprint density at radius 3 is 2.61 bits per heavy atom. The van der Waals surface area contributed by atoms with E-state index in [4.69, 9.17) is 9.47 Å². The average Bonchev–Trinajstić information content (AvgIpc) is 2.86. The van der Waals surface area contributed by atoms with Crippen LogP contribution in [0, 0.1) is 0 Å². The van der Waals surface area contributed by atoms with E-state index < -0.39 is 12.1 Å². The van der Waals surface area contributed by atoms with Crippen molar-refractivity contribution in [2.75, 3.05) is 25.1 Å². The third-order valence-corrected chi connectivity index (χ3v) is 5.36. The van der Waals surface area contributed by atoms with Gasteiger partial charge in [-0.25, -0.2) is 0 Å². The van der Waals surface area contributed by atoms with Crippen molar-refractivity contribution in [2.45, 2.75) is 18.7 Å². The molecule has 170 valence electrons. The third kappa shape index (κ3) is 5.74. The molecule has 1 aliphatic heterocycles. The lowest BCUT2D eigenvalue weighted by Gasteiger charge is -2.40. The maximum Gasteiger partial charge on any atom is 0.262 e. The first-order valence-corrected chi connectivity index (χ1v) is 10.6. The van der Waals surface area contributed by atoms with Crippen LogP contribution in [0.25, 0.3) is 0 Å². The van der Waals surface area contributed by atoms with E-state index in [2.05, 4.69) is 10.3 Å². The lowest BCUT2D eigenvalue weighted by Crippen LogP contribution is -2.52. The van der Waals surface area contributed by atoms with Gasteiger partial charge < -0.3 is 24.8 Å². The van der Waals surface area contributed by atoms with Crippen LogP contribution in [0.4, 0.5) is 5.69 Å². The zero-order valence-electron chi connectivity index (χ0n) is 18.0. The van der Waals surface area contributed by atoms with Crippen LogP contribution in [0.3, 0.4) is 0 Å². The molecule has 2 heterocycles. The van der Waals surface area contributed by atoms with Gasteiger partial charge in [-0.3, -0.25) is 14.6 Å². The number of benzene rings is 2. The van der Waals surface area contributed by atoms with E-state index in [1.807, 2.05) is 42.5 Å². The van der Waals surface area contributed by atoms with E-state index in [1.165, 1.54) is 0 Å². The fraction of sp³-hybridized carbons (Fsp3) is 0.240. The van der Waals surface area contributed by atoms with E-state index in [-0.39, 0.29) is 31.6 Å². The first kappa shape index (κ1) is 22.4. The molecule has 8 nitrogen and oxygen atoms in total. The van der Waals surface area contributed by atoms with E-state index in [0.29, 0.717) is 18.0 Å². The van der Waals surface area contributed by atoms with Crippen molar-refractivity contribution >= 4 is 17.5 Å². The minimum Gasteiger partial charge on any atom is -0.484 e. The van der Waals surface area contributed by atoms with E-state index >= 15 is 0 Å². The van der Waals surface area contributed by atoms with Crippen LogP contribution in [0.15, 0.2) is 79.1 Å². The van der Waals surface area contributed by atoms with Crippen molar-refractivity contribution < 1.29 is 24.2 Å². The summed E-state index contributed by atoms with van der Waals surface area (Å²) in [6, 6.07) is 19.4. The fourth-order valence-electron chi connectivity index (χ4n) is 3.73. The Labute approximate surface area is 191 Å². The number of anilines is 1. The van der Waals surface area contributed by atoms with Gasteiger partial charge in [0.05, 0.1) is 12.6 Å². The first-order chi connectivity index (χ1) is 16.1. The molecule has 0 aliphatic carbocycles. The molecule has 33 heavy (non-hydrogen) atoms. The summed E-state index contributed by atoms with van der Waals surface area (Å²) < 4.78 is 11.2. The van der Waals surface area contributed by atoms with Gasteiger partial charge in [-0.1, -0.05) is 36.4 Å². The second-order valence-corrected chi connectivity index (χ2v) is 7.64. The van der Waals surface area contributed by atoms with Gasteiger partial charge in [-0.2, -0.15) is 0 Å². The molecule has 0 bridgehead atoms. The zero-order chi connectivity index (χ0) is 23.0. The smallest absolute Gasteiger partial charge is 0.262 e. The lowest BCUT2D eigenvalue weighted by molar-refractivity contribution is -0.162. The third-order valence-electron chi connectivity index (χ3n) is 5.36. The Balaban J connectivity index is 1.39. The Morgan fingerprint density at radius 1 is 1.12 bits per heavy atom. The number of aliphatic hydroxyl groups is 1. The minimum absolute atomic E-state index is 0.0727. The highest BCUT2D eigenvalue weighted by Crippen LogP contribution is 2.30. The van der Waals surface area contributed by atoms with Gasteiger partial charge in [0.15, 0.2) is 6.61 Å². The molecule has 1 aromatic heterocycles. The van der Waals surface area contributed by atoms with Crippen LogP contribution >= 0.6 is 0 Å². The number of para-hydroxylation sites is 1. The van der Waals surface area contributed by atoms with E-state index in [0.717, 1.165) is 11.1 Å². The summed E-state index contributed by atoms with van der Waals surface area (Å²) in [5.74, 6) is 0.163. The maximum absolute atomic E-state index is 12.5. The van der Waals surface area contributed by atoms with Gasteiger partial charge in [-0.05, 0) is 41.5 Å². The second-order valence-electron chi connectivity index (χ2n) is 7.64. The largest absolute Gasteiger partial charge is 0.484 e. The van der Waals surface area contributed by atoms with Crippen molar-refractivity contribution in [3.63, 3.8) is 0 Å². The fourth-order valence-corrected chi connectivity index (χ4v) is 3.73. The molecular weight excluding hydrogens is 422 g/mol. The topological polar surface area (TPSA) is 101 Å². The maximum atomic E-state index is 12.5. The van der Waals surface area contributed by atoms with Crippen molar-refractivity contribution in [1.29, 1.82) is 0 Å². The van der Waals surface area contributed by atoms with E-state index in [1.54, 1.807) is 41.6 Å². The van der Waals surface area contributed by atoms with Gasteiger partial charge in [0.25, 0.3) is 5.91 Å². The Bertz CT molecular complexity index is 1060. The Kier molecular flexibility index (Phi) is 7.29. The number of rotatable bonds is 8. The highest BCUT2D eigenvalue weighted by atomic mass is 16.5. The number of aromatic nitrogens is 1. The molecule has 4 rings (SSSR count). The monoisotopic (exact) mass is 447 g/mol. The molecule has 3 aromatic rings. The van der Waals surface area contributed by atoms with E-state index in [9.17, 15) is 14.7 Å². The molecule has 2 atom stereocenters. The molecule has 0 saturated carbocycles. The number of aliphatic hydroxyl groups excluding tert-OH is 1. The quantitative estimate of drug-likeness (QED) is 0.551. The minimum atomic E-state index is -0.536. The van der Waals surface area contributed by atoms with Gasteiger partial charge >= 0.3 is 0 Å². The number of hydrogen-bond donors (Lipinski definition) is 2. The molecule has 2 N–H and O–H groups in total. The molecule has 2 aromatic carbocycles. The summed E-state index contributed by atoms with van der Waals surface area (Å²) in [6.07, 6.45) is 2.88. The summed E-state index contributed by atoms with van der Waals surface area (Å²) in [6.45, 7) is -0.0778. The SMILES string of the molecule is O=C(COc1ccccc1)Nc1ccc(C2OCC(=O)N(Cc3cccnc3)C2CO)cc1. The number of nitrogens with zero attached hydrogens (tertiary/aromatic N) is 2. The molecule has 1 saturated heterocycles. The number of carbonyl (C=O) groups excluding carboxylic acids is 2. The predicted octanol–water partition coefficient (Wildman–Crippen LogP) is 2.56. The van der Waals surface area contributed by atoms with Crippen LogP contribution in [0.2, 0.25) is 0 Å². The van der Waals surface area contributed by atoms with Gasteiger partial charge in [0, 0.05) is 24.6 Å². The standard InChI is InChI=1S/C25H25N3O5/c29-15-22-25(33-17-24(31)28(22)14-18-5-4-12-26-13-18)19-8-10-20(11-9-19)27-23(30)16-32-21-6-2-1-3-7-21/h1-13,22,25,29H,14-17H2,(H,27,30). The van der Waals surface area contributed by atoms with Crippen LogP contribution in [-0.2, 0) is 20.9 Å². The number of carbonyl (C=O) groups is 2. The molecule has 8 heteroatoms. The Morgan fingerprint density at radius 2 is 1.91 bits per heavy atom. The van der Waals surface area contributed by atoms with Crippen molar-refractivity contribution in [1.82, 2.24) is 9.88 Å². The number of hydrogen-bond acceptors (Lipinski definition) is 6. The van der Waals surface area contributed by atoms with Crippen LogP contribution in [0.5, 0.6) is 5.75 Å². The second kappa shape index (κ2) is 10.7. The molecule has 0 radical (unpaired) electrons. The summed E-state index contributed by atoms with van der Waals surface area (Å²) in [5, 5.41) is 12.8. The van der Waals surface area contributed by atoms with Crippen LogP contribution in [0.1, 0.15) is 17.2 Å². The molecule has 1 aliphatic rings. The average molecular weight is 447 g/mol. The molecule has 0 spiro atoms. The summed E-state index contributed by atoms with van der Waals surface area (Å²) in [7, 11) is 0. The molecular formula is C25H25N3O5. The van der Waals surface area contributed by atoms with Crippen molar-refractivity contribution in [3.8, 4) is 5.75 Å². The Hall–Kier alpha value is -3.75. The first-order valence-electron chi connectivity index (χ1n) is 10.6. The van der Waals surface area contributed by atoms with Gasteiger partial charge in [-0.15, -0.1) is 0 Å². The zero-order valence-corrected chi connectivity index (χ0v) is 18.0. The number of ether oxygens (including phenoxy) is 2. The summed E-state index contributed by atoms with van der Waals surface area (Å²) in [4.78, 5) is 30.4. The van der Waals surface area contributed by atoms with Crippen molar-refractivity contribution in [2.24, 2.45) is 0 Å². The molecule has 1 fully saturated rings. The normalized spacial score (nSPS) is 18.1. The number of morpholine rings is 1. The van der Waals surface area contributed by atoms with Crippen LogP contribution < -0.4 is 10.1 Å². The van der Waals surface area contributed by atoms with Gasteiger partial charge in [0.2, 0.25) is 5.91 Å². The molecule has 2 amide bonds. The predicted molar refractivity (Wildman–Crippen MR) is 121 cm³/mol. The number of amides is 2. The summed E-state index contributed by atoms with van der Waals surface area (Å²) in [5.41, 5.74) is 2.29. The highest BCUT2D eigenvalue weighted by Gasteiger charge is 2.37. The number of nitrogens with one attached hydrogen (secondary N) is 1. The molecule has 2 unspecified atom stereocenters.